The van der Waals surface area contributed by atoms with Crippen molar-refractivity contribution in [2.45, 2.75) is 45.7 Å². The van der Waals surface area contributed by atoms with Crippen LogP contribution in [0.3, 0.4) is 0 Å². The van der Waals surface area contributed by atoms with Gasteiger partial charge in [-0.25, -0.2) is 0 Å². The lowest BCUT2D eigenvalue weighted by atomic mass is 9.96. The number of hydrogen-bond donors (Lipinski definition) is 2. The van der Waals surface area contributed by atoms with E-state index < -0.39 is 0 Å². The SMILES string of the molecule is CCc1ccccc1NC(=O)CCN1C(=S)N[C@@H](c2ccccn2)[C@@H]1c1cc(C)n(-c2cc(Cl)ccc2OC)c1C. The Hall–Kier alpha value is -3.88. The highest BCUT2D eigenvalue weighted by atomic mass is 35.5. The number of carbonyl (C=O) groups excluding carboxylic acids is 1. The summed E-state index contributed by atoms with van der Waals surface area (Å²) in [5, 5.41) is 7.81. The van der Waals surface area contributed by atoms with Crippen molar-refractivity contribution in [1.29, 1.82) is 0 Å². The number of aryl methyl sites for hydroxylation is 2. The molecule has 2 N–H and O–H groups in total. The third-order valence-corrected chi connectivity index (χ3v) is 8.21. The number of pyridine rings is 1. The van der Waals surface area contributed by atoms with Crippen molar-refractivity contribution < 1.29 is 9.53 Å². The molecule has 2 aromatic carbocycles. The van der Waals surface area contributed by atoms with Crippen molar-refractivity contribution >= 4 is 40.5 Å². The lowest BCUT2D eigenvalue weighted by Crippen LogP contribution is -2.33. The molecule has 4 aromatic rings. The molecule has 0 spiro atoms. The molecule has 0 unspecified atom stereocenters. The number of methoxy groups -OCH3 is 1. The van der Waals surface area contributed by atoms with Gasteiger partial charge in [-0.15, -0.1) is 0 Å². The number of anilines is 1. The molecule has 1 saturated heterocycles. The van der Waals surface area contributed by atoms with Crippen molar-refractivity contribution in [3.63, 3.8) is 0 Å². The summed E-state index contributed by atoms with van der Waals surface area (Å²) in [6, 6.07) is 21.2. The molecule has 0 bridgehead atoms. The van der Waals surface area contributed by atoms with Crippen molar-refractivity contribution in [1.82, 2.24) is 19.8 Å². The maximum atomic E-state index is 13.1. The monoisotopic (exact) mass is 587 g/mol. The molecule has 1 aliphatic rings. The van der Waals surface area contributed by atoms with Gasteiger partial charge in [0.1, 0.15) is 5.75 Å². The molecule has 2 atom stereocenters. The third-order valence-electron chi connectivity index (χ3n) is 7.62. The number of carbonyl (C=O) groups is 1. The first kappa shape index (κ1) is 28.6. The average Bonchev–Trinajstić information content (AvgIpc) is 3.46. The number of halogens is 1. The predicted molar refractivity (Wildman–Crippen MR) is 168 cm³/mol. The van der Waals surface area contributed by atoms with Crippen molar-refractivity contribution in [2.24, 2.45) is 0 Å². The van der Waals surface area contributed by atoms with E-state index in [1.54, 1.807) is 13.3 Å². The van der Waals surface area contributed by atoms with Gasteiger partial charge < -0.3 is 24.8 Å². The first-order valence-corrected chi connectivity index (χ1v) is 14.5. The zero-order chi connectivity index (χ0) is 29.1. The van der Waals surface area contributed by atoms with Gasteiger partial charge in [0.05, 0.1) is 30.6 Å². The number of ether oxygens (including phenoxy) is 1. The molecule has 1 aliphatic heterocycles. The maximum absolute atomic E-state index is 13.1. The molecule has 5 rings (SSSR count). The molecule has 0 aliphatic carbocycles. The molecular weight excluding hydrogens is 554 g/mol. The molecule has 7 nitrogen and oxygen atoms in total. The van der Waals surface area contributed by atoms with Crippen molar-refractivity contribution in [2.75, 3.05) is 19.0 Å². The number of thiocarbonyl (C=S) groups is 1. The fourth-order valence-corrected chi connectivity index (χ4v) is 6.16. The highest BCUT2D eigenvalue weighted by Crippen LogP contribution is 2.42. The van der Waals surface area contributed by atoms with Gasteiger partial charge >= 0.3 is 0 Å². The molecule has 0 radical (unpaired) electrons. The molecule has 2 aromatic heterocycles. The average molecular weight is 588 g/mol. The summed E-state index contributed by atoms with van der Waals surface area (Å²) in [5.41, 5.74) is 6.86. The highest BCUT2D eigenvalue weighted by molar-refractivity contribution is 7.80. The standard InChI is InChI=1S/C32H34ClN5O2S/c1-5-22-10-6-7-11-25(22)35-29(39)15-17-37-31(30(36-32(37)41)26-12-8-9-16-34-26)24-18-20(2)38(21(24)3)27-19-23(33)13-14-28(27)40-4/h6-14,16,18-19,30-31H,5,15,17H2,1-4H3,(H,35,39)(H,36,41)/t30-,31-/m0/s1. The van der Waals surface area contributed by atoms with E-state index in [0.29, 0.717) is 16.7 Å². The van der Waals surface area contributed by atoms with E-state index in [4.69, 9.17) is 28.6 Å². The Labute approximate surface area is 251 Å². The van der Waals surface area contributed by atoms with Crippen LogP contribution >= 0.6 is 23.8 Å². The van der Waals surface area contributed by atoms with E-state index in [1.165, 1.54) is 0 Å². The Balaban J connectivity index is 1.50. The Morgan fingerprint density at radius 1 is 1.12 bits per heavy atom. The fourth-order valence-electron chi connectivity index (χ4n) is 5.67. The Bertz CT molecular complexity index is 1570. The van der Waals surface area contributed by atoms with Gasteiger partial charge in [0.25, 0.3) is 0 Å². The number of aromatic nitrogens is 2. The lowest BCUT2D eigenvalue weighted by Gasteiger charge is -2.28. The number of benzene rings is 2. The summed E-state index contributed by atoms with van der Waals surface area (Å²) in [6.07, 6.45) is 2.92. The number of rotatable bonds is 9. The van der Waals surface area contributed by atoms with Gasteiger partial charge in [-0.1, -0.05) is 42.8 Å². The predicted octanol–water partition coefficient (Wildman–Crippen LogP) is 6.71. The van der Waals surface area contributed by atoms with Gasteiger partial charge in [-0.2, -0.15) is 0 Å². The molecular formula is C32H34ClN5O2S. The fraction of sp³-hybridized carbons (Fsp3) is 0.281. The van der Waals surface area contributed by atoms with Gasteiger partial charge in [0.2, 0.25) is 5.91 Å². The largest absolute Gasteiger partial charge is 0.495 e. The normalized spacial score (nSPS) is 16.5. The summed E-state index contributed by atoms with van der Waals surface area (Å²) in [6.45, 7) is 6.68. The number of para-hydroxylation sites is 1. The van der Waals surface area contributed by atoms with Gasteiger partial charge in [-0.05, 0) is 86.1 Å². The first-order chi connectivity index (χ1) is 19.8. The van der Waals surface area contributed by atoms with Crippen LogP contribution < -0.4 is 15.4 Å². The number of hydrogen-bond acceptors (Lipinski definition) is 4. The van der Waals surface area contributed by atoms with E-state index in [-0.39, 0.29) is 24.4 Å². The summed E-state index contributed by atoms with van der Waals surface area (Å²) in [5.74, 6) is 0.674. The zero-order valence-electron chi connectivity index (χ0n) is 23.6. The van der Waals surface area contributed by atoms with Crippen LogP contribution in [0.4, 0.5) is 5.69 Å². The van der Waals surface area contributed by atoms with E-state index in [0.717, 1.165) is 51.8 Å². The minimum absolute atomic E-state index is 0.0529. The van der Waals surface area contributed by atoms with E-state index >= 15 is 0 Å². The third kappa shape index (κ3) is 5.80. The van der Waals surface area contributed by atoms with E-state index in [2.05, 4.69) is 51.9 Å². The quantitative estimate of drug-likeness (QED) is 0.212. The molecule has 9 heteroatoms. The second kappa shape index (κ2) is 12.3. The summed E-state index contributed by atoms with van der Waals surface area (Å²) in [4.78, 5) is 19.9. The van der Waals surface area contributed by atoms with Crippen LogP contribution in [-0.4, -0.2) is 39.1 Å². The number of amides is 1. The summed E-state index contributed by atoms with van der Waals surface area (Å²) >= 11 is 12.3. The highest BCUT2D eigenvalue weighted by Gasteiger charge is 2.41. The van der Waals surface area contributed by atoms with Gasteiger partial charge in [0.15, 0.2) is 5.11 Å². The Kier molecular flexibility index (Phi) is 8.61. The zero-order valence-corrected chi connectivity index (χ0v) is 25.2. The number of nitrogens with zero attached hydrogens (tertiary/aromatic N) is 3. The van der Waals surface area contributed by atoms with Crippen LogP contribution in [0.5, 0.6) is 5.75 Å². The minimum atomic E-state index is -0.192. The molecule has 1 fully saturated rings. The smallest absolute Gasteiger partial charge is 0.226 e. The summed E-state index contributed by atoms with van der Waals surface area (Å²) < 4.78 is 7.84. The molecule has 0 saturated carbocycles. The van der Waals surface area contributed by atoms with Crippen LogP contribution in [0.1, 0.15) is 53.6 Å². The second-order valence-corrected chi connectivity index (χ2v) is 10.9. The molecule has 1 amide bonds. The van der Waals surface area contributed by atoms with Crippen LogP contribution in [0.25, 0.3) is 5.69 Å². The minimum Gasteiger partial charge on any atom is -0.495 e. The Morgan fingerprint density at radius 3 is 2.63 bits per heavy atom. The van der Waals surface area contributed by atoms with E-state index in [9.17, 15) is 4.79 Å². The lowest BCUT2D eigenvalue weighted by molar-refractivity contribution is -0.116. The maximum Gasteiger partial charge on any atom is 0.226 e. The van der Waals surface area contributed by atoms with Gasteiger partial charge in [-0.3, -0.25) is 9.78 Å². The van der Waals surface area contributed by atoms with Crippen LogP contribution in [0.2, 0.25) is 5.02 Å². The van der Waals surface area contributed by atoms with Crippen LogP contribution in [0, 0.1) is 13.8 Å². The van der Waals surface area contributed by atoms with Crippen molar-refractivity contribution in [3.05, 3.63) is 106 Å². The van der Waals surface area contributed by atoms with Crippen LogP contribution in [-0.2, 0) is 11.2 Å². The molecule has 212 valence electrons. The molecule has 3 heterocycles. The van der Waals surface area contributed by atoms with Gasteiger partial charge in [0, 0.05) is 41.3 Å². The first-order valence-electron chi connectivity index (χ1n) is 13.7. The van der Waals surface area contributed by atoms with Crippen molar-refractivity contribution in [3.8, 4) is 11.4 Å². The summed E-state index contributed by atoms with van der Waals surface area (Å²) in [7, 11) is 1.66. The number of nitrogens with one attached hydrogen (secondary N) is 2. The Morgan fingerprint density at radius 2 is 1.90 bits per heavy atom. The molecule has 41 heavy (non-hydrogen) atoms. The second-order valence-electron chi connectivity index (χ2n) is 10.1. The van der Waals surface area contributed by atoms with Crippen LogP contribution in [0.15, 0.2) is 72.9 Å². The van der Waals surface area contributed by atoms with E-state index in [1.807, 2.05) is 60.7 Å². The topological polar surface area (TPSA) is 71.4 Å².